The molecular formula is C16H13N3O2. The molecule has 3 rings (SSSR count). The summed E-state index contributed by atoms with van der Waals surface area (Å²) in [6.45, 7) is 0. The van der Waals surface area contributed by atoms with Crippen molar-refractivity contribution in [1.29, 1.82) is 0 Å². The Kier molecular flexibility index (Phi) is 3.39. The molecule has 1 aromatic heterocycles. The molecule has 0 bridgehead atoms. The van der Waals surface area contributed by atoms with Crippen molar-refractivity contribution in [1.82, 2.24) is 4.98 Å². The zero-order valence-corrected chi connectivity index (χ0v) is 11.1. The number of aromatic nitrogens is 1. The second kappa shape index (κ2) is 5.50. The Morgan fingerprint density at radius 1 is 0.952 bits per heavy atom. The first-order valence-corrected chi connectivity index (χ1v) is 6.42. The molecule has 0 saturated carbocycles. The Morgan fingerprint density at radius 3 is 2.52 bits per heavy atom. The van der Waals surface area contributed by atoms with E-state index in [2.05, 4.69) is 15.6 Å². The number of anilines is 2. The van der Waals surface area contributed by atoms with E-state index in [1.54, 1.807) is 36.5 Å². The second-order valence-corrected chi connectivity index (χ2v) is 4.54. The molecule has 0 unspecified atom stereocenters. The molecule has 0 spiro atoms. The Morgan fingerprint density at radius 2 is 1.71 bits per heavy atom. The first-order chi connectivity index (χ1) is 10.2. The third-order valence-electron chi connectivity index (χ3n) is 3.03. The van der Waals surface area contributed by atoms with E-state index < -0.39 is 0 Å². The lowest BCUT2D eigenvalue weighted by molar-refractivity contribution is 0.262. The van der Waals surface area contributed by atoms with Gasteiger partial charge in [-0.05, 0) is 24.3 Å². The Balaban J connectivity index is 1.78. The van der Waals surface area contributed by atoms with E-state index in [9.17, 15) is 9.90 Å². The normalized spacial score (nSPS) is 10.3. The van der Waals surface area contributed by atoms with Gasteiger partial charge in [-0.3, -0.25) is 4.98 Å². The van der Waals surface area contributed by atoms with Crippen LogP contribution in [-0.2, 0) is 0 Å². The molecule has 3 aromatic rings. The van der Waals surface area contributed by atoms with Crippen molar-refractivity contribution in [2.24, 2.45) is 0 Å². The molecule has 3 N–H and O–H groups in total. The van der Waals surface area contributed by atoms with E-state index in [1.807, 2.05) is 18.2 Å². The number of para-hydroxylation sites is 1. The number of urea groups is 1. The van der Waals surface area contributed by atoms with Crippen LogP contribution >= 0.6 is 0 Å². The van der Waals surface area contributed by atoms with Crippen LogP contribution < -0.4 is 10.6 Å². The molecule has 5 nitrogen and oxygen atoms in total. The average molecular weight is 279 g/mol. The standard InChI is InChI=1S/C16H13N3O2/c20-15-10-17-9-11-6-7-13(8-14(11)15)19-16(21)18-12-4-2-1-3-5-12/h1-10,20H,(H2,18,19,21). The third kappa shape index (κ3) is 2.92. The van der Waals surface area contributed by atoms with E-state index in [0.29, 0.717) is 16.8 Å². The van der Waals surface area contributed by atoms with Gasteiger partial charge in [-0.1, -0.05) is 24.3 Å². The number of hydrogen-bond donors (Lipinski definition) is 3. The summed E-state index contributed by atoms with van der Waals surface area (Å²) in [6, 6.07) is 14.1. The number of fused-ring (bicyclic) bond motifs is 1. The molecule has 0 atom stereocenters. The topological polar surface area (TPSA) is 74.2 Å². The van der Waals surface area contributed by atoms with Gasteiger partial charge in [-0.2, -0.15) is 0 Å². The summed E-state index contributed by atoms with van der Waals surface area (Å²) >= 11 is 0. The molecule has 0 radical (unpaired) electrons. The van der Waals surface area contributed by atoms with E-state index in [-0.39, 0.29) is 11.8 Å². The molecule has 0 aliphatic heterocycles. The highest BCUT2D eigenvalue weighted by atomic mass is 16.3. The van der Waals surface area contributed by atoms with Crippen LogP contribution in [0.15, 0.2) is 60.9 Å². The van der Waals surface area contributed by atoms with Crippen LogP contribution in [0.3, 0.4) is 0 Å². The lowest BCUT2D eigenvalue weighted by atomic mass is 10.1. The molecule has 0 aliphatic rings. The highest BCUT2D eigenvalue weighted by molar-refractivity contribution is 6.01. The Hall–Kier alpha value is -3.08. The summed E-state index contributed by atoms with van der Waals surface area (Å²) in [7, 11) is 0. The van der Waals surface area contributed by atoms with E-state index in [0.717, 1.165) is 5.39 Å². The van der Waals surface area contributed by atoms with Crippen molar-refractivity contribution < 1.29 is 9.90 Å². The van der Waals surface area contributed by atoms with E-state index in [4.69, 9.17) is 0 Å². The maximum atomic E-state index is 11.9. The number of carbonyl (C=O) groups is 1. The van der Waals surface area contributed by atoms with Gasteiger partial charge in [-0.15, -0.1) is 0 Å². The highest BCUT2D eigenvalue weighted by Gasteiger charge is 2.05. The zero-order valence-electron chi connectivity index (χ0n) is 11.1. The number of hydrogen-bond acceptors (Lipinski definition) is 3. The van der Waals surface area contributed by atoms with Gasteiger partial charge >= 0.3 is 6.03 Å². The fraction of sp³-hybridized carbons (Fsp3) is 0. The maximum Gasteiger partial charge on any atom is 0.323 e. The van der Waals surface area contributed by atoms with Gasteiger partial charge in [0.2, 0.25) is 0 Å². The lowest BCUT2D eigenvalue weighted by Gasteiger charge is -2.08. The van der Waals surface area contributed by atoms with Gasteiger partial charge in [0.15, 0.2) is 0 Å². The van der Waals surface area contributed by atoms with Gasteiger partial charge < -0.3 is 15.7 Å². The third-order valence-corrected chi connectivity index (χ3v) is 3.03. The summed E-state index contributed by atoms with van der Waals surface area (Å²) in [6.07, 6.45) is 3.03. The molecular weight excluding hydrogens is 266 g/mol. The van der Waals surface area contributed by atoms with E-state index in [1.165, 1.54) is 6.20 Å². The second-order valence-electron chi connectivity index (χ2n) is 4.54. The minimum Gasteiger partial charge on any atom is -0.506 e. The van der Waals surface area contributed by atoms with Crippen molar-refractivity contribution in [3.05, 3.63) is 60.9 Å². The fourth-order valence-corrected chi connectivity index (χ4v) is 2.04. The van der Waals surface area contributed by atoms with Gasteiger partial charge in [0.1, 0.15) is 5.75 Å². The van der Waals surface area contributed by atoms with Crippen molar-refractivity contribution >= 4 is 28.2 Å². The molecule has 104 valence electrons. The molecule has 2 aromatic carbocycles. The first-order valence-electron chi connectivity index (χ1n) is 6.42. The Bertz CT molecular complexity index is 788. The van der Waals surface area contributed by atoms with Crippen molar-refractivity contribution in [2.45, 2.75) is 0 Å². The quantitative estimate of drug-likeness (QED) is 0.671. The molecule has 5 heteroatoms. The summed E-state index contributed by atoms with van der Waals surface area (Å²) in [5.41, 5.74) is 1.31. The monoisotopic (exact) mass is 279 g/mol. The Labute approximate surface area is 121 Å². The number of pyridine rings is 1. The largest absolute Gasteiger partial charge is 0.506 e. The number of amides is 2. The van der Waals surface area contributed by atoms with Crippen molar-refractivity contribution in [2.75, 3.05) is 10.6 Å². The van der Waals surface area contributed by atoms with Gasteiger partial charge in [-0.25, -0.2) is 4.79 Å². The van der Waals surface area contributed by atoms with Gasteiger partial charge in [0.05, 0.1) is 6.20 Å². The van der Waals surface area contributed by atoms with Crippen LogP contribution in [0.5, 0.6) is 5.75 Å². The summed E-state index contributed by atoms with van der Waals surface area (Å²) < 4.78 is 0. The van der Waals surface area contributed by atoms with Gasteiger partial charge in [0, 0.05) is 28.3 Å². The smallest absolute Gasteiger partial charge is 0.323 e. The van der Waals surface area contributed by atoms with Crippen LogP contribution in [-0.4, -0.2) is 16.1 Å². The minimum atomic E-state index is -0.339. The molecule has 0 saturated heterocycles. The predicted molar refractivity (Wildman–Crippen MR) is 82.5 cm³/mol. The summed E-state index contributed by atoms with van der Waals surface area (Å²) in [4.78, 5) is 15.8. The highest BCUT2D eigenvalue weighted by Crippen LogP contribution is 2.26. The SMILES string of the molecule is O=C(Nc1ccccc1)Nc1ccc2cncc(O)c2c1. The maximum absolute atomic E-state index is 11.9. The number of aromatic hydroxyl groups is 1. The van der Waals surface area contributed by atoms with Crippen molar-refractivity contribution in [3.63, 3.8) is 0 Å². The number of carbonyl (C=O) groups excluding carboxylic acids is 1. The van der Waals surface area contributed by atoms with Crippen LogP contribution in [0.4, 0.5) is 16.2 Å². The summed E-state index contributed by atoms with van der Waals surface area (Å²) in [5, 5.41) is 16.7. The number of rotatable bonds is 2. The first kappa shape index (κ1) is 12.9. The number of benzene rings is 2. The molecule has 0 fully saturated rings. The molecule has 1 heterocycles. The van der Waals surface area contributed by atoms with Crippen LogP contribution in [0.2, 0.25) is 0 Å². The number of nitrogens with one attached hydrogen (secondary N) is 2. The summed E-state index contributed by atoms with van der Waals surface area (Å²) in [5.74, 6) is 0.0830. The van der Waals surface area contributed by atoms with Crippen LogP contribution in [0, 0.1) is 0 Å². The van der Waals surface area contributed by atoms with Gasteiger partial charge in [0.25, 0.3) is 0 Å². The molecule has 0 aliphatic carbocycles. The number of nitrogens with zero attached hydrogens (tertiary/aromatic N) is 1. The molecule has 21 heavy (non-hydrogen) atoms. The predicted octanol–water partition coefficient (Wildman–Crippen LogP) is 3.58. The molecule has 2 amide bonds. The minimum absolute atomic E-state index is 0.0830. The van der Waals surface area contributed by atoms with Crippen LogP contribution in [0.1, 0.15) is 0 Å². The zero-order chi connectivity index (χ0) is 14.7. The fourth-order valence-electron chi connectivity index (χ4n) is 2.04. The van der Waals surface area contributed by atoms with E-state index >= 15 is 0 Å². The van der Waals surface area contributed by atoms with Crippen LogP contribution in [0.25, 0.3) is 10.8 Å². The van der Waals surface area contributed by atoms with Crippen molar-refractivity contribution in [3.8, 4) is 5.75 Å². The average Bonchev–Trinajstić information content (AvgIpc) is 2.49. The lowest BCUT2D eigenvalue weighted by Crippen LogP contribution is -2.19.